The van der Waals surface area contributed by atoms with Crippen LogP contribution in [0.2, 0.25) is 0 Å². The SMILES string of the molecule is O=C(O)CN(CCN(CC(=O)O)CC(=O)O)CC(=O)O.O=C(O)CN(CCN(CC(=O)O)CC(=O)O)CC(=O)O.O=C(O)CN(CCN(CC(=O)O)CC(=O)O)CC(=O)O.[Eu].[Eu].[Eu].[Eu]. The zero-order valence-corrected chi connectivity index (χ0v) is 42.9. The monoisotopic (exact) mass is 1490 g/mol. The first-order valence-electron chi connectivity index (χ1n) is 16.6. The van der Waals surface area contributed by atoms with Crippen molar-refractivity contribution in [2.24, 2.45) is 0 Å². The van der Waals surface area contributed by atoms with Gasteiger partial charge in [0, 0.05) is 237 Å². The third-order valence-electron chi connectivity index (χ3n) is 6.50. The smallest absolute Gasteiger partial charge is 0.317 e. The molecule has 34 heteroatoms. The number of rotatable bonds is 33. The fraction of sp³-hybridized carbons (Fsp3) is 0.600. The van der Waals surface area contributed by atoms with Crippen molar-refractivity contribution in [2.45, 2.75) is 0 Å². The maximum Gasteiger partial charge on any atom is 0.317 e. The molecule has 0 aromatic rings. The first-order valence-corrected chi connectivity index (χ1v) is 16.6. The molecule has 0 heterocycles. The zero-order valence-electron chi connectivity index (χ0n) is 33.2. The van der Waals surface area contributed by atoms with E-state index in [1.54, 1.807) is 0 Å². The molecule has 0 amide bonds. The van der Waals surface area contributed by atoms with Crippen molar-refractivity contribution >= 4 is 71.6 Å². The summed E-state index contributed by atoms with van der Waals surface area (Å²) in [4.78, 5) is 133. The third-order valence-corrected chi connectivity index (χ3v) is 6.50. The Hall–Kier alpha value is -0.262. The van der Waals surface area contributed by atoms with Crippen molar-refractivity contribution in [3.05, 3.63) is 0 Å². The summed E-state index contributed by atoms with van der Waals surface area (Å²) in [5.41, 5.74) is 0. The summed E-state index contributed by atoms with van der Waals surface area (Å²) in [5, 5.41) is 103. The molecule has 0 spiro atoms. The largest absolute Gasteiger partial charge is 0.480 e. The standard InChI is InChI=1S/3C10H16N2O8.4Eu/c3*13-7(14)3-11(4-8(15)16)1-2-12(5-9(17)18)6-10(19)20;;;;/h3*1-6H2,(H,13,14)(H,15,16)(H,17,18)(H,19,20);;;;. The van der Waals surface area contributed by atoms with Gasteiger partial charge >= 0.3 is 71.6 Å². The van der Waals surface area contributed by atoms with Gasteiger partial charge in [-0.1, -0.05) is 0 Å². The first kappa shape index (κ1) is 77.9. The topological polar surface area (TPSA) is 467 Å². The molecular formula is C30H48Eu4N6O24. The molecule has 0 aliphatic heterocycles. The quantitative estimate of drug-likeness (QED) is 0.0291. The van der Waals surface area contributed by atoms with Crippen LogP contribution in [0.3, 0.4) is 0 Å². The number of nitrogens with zero attached hydrogens (tertiary/aromatic N) is 6. The minimum absolute atomic E-state index is 0. The molecule has 30 nitrogen and oxygen atoms in total. The number of aliphatic carboxylic acids is 12. The first-order chi connectivity index (χ1) is 27.6. The molecule has 0 fully saturated rings. The van der Waals surface area contributed by atoms with Gasteiger partial charge in [-0.2, -0.15) is 0 Å². The van der Waals surface area contributed by atoms with E-state index in [2.05, 4.69) is 0 Å². The van der Waals surface area contributed by atoms with E-state index in [1.165, 1.54) is 0 Å². The van der Waals surface area contributed by atoms with Crippen molar-refractivity contribution < 1.29 is 316 Å². The van der Waals surface area contributed by atoms with Gasteiger partial charge in [0.25, 0.3) is 0 Å². The Kier molecular flexibility index (Phi) is 56.6. The van der Waals surface area contributed by atoms with Crippen molar-refractivity contribution in [3.63, 3.8) is 0 Å². The van der Waals surface area contributed by atoms with Crippen LogP contribution in [0, 0.1) is 198 Å². The molecule has 0 saturated carbocycles. The van der Waals surface area contributed by atoms with Crippen molar-refractivity contribution in [1.82, 2.24) is 29.4 Å². The van der Waals surface area contributed by atoms with Crippen LogP contribution in [0.5, 0.6) is 0 Å². The van der Waals surface area contributed by atoms with E-state index in [0.29, 0.717) is 0 Å². The molecule has 4 radical (unpaired) electrons. The molecule has 0 aromatic heterocycles. The van der Waals surface area contributed by atoms with Crippen LogP contribution >= 0.6 is 0 Å². The Morgan fingerprint density at radius 1 is 0.188 bits per heavy atom. The van der Waals surface area contributed by atoms with Gasteiger partial charge in [-0.05, 0) is 0 Å². The number of carboxylic acid groups (broad SMARTS) is 12. The van der Waals surface area contributed by atoms with Crippen LogP contribution in [-0.4, -0.2) is 280 Å². The van der Waals surface area contributed by atoms with E-state index in [0.717, 1.165) is 29.4 Å². The van der Waals surface area contributed by atoms with E-state index in [1.807, 2.05) is 0 Å². The van der Waals surface area contributed by atoms with Gasteiger partial charge < -0.3 is 61.3 Å². The summed E-state index contributed by atoms with van der Waals surface area (Å²) in [5.74, 6) is -14.7. The van der Waals surface area contributed by atoms with E-state index in [4.69, 9.17) is 61.3 Å². The Morgan fingerprint density at radius 3 is 0.297 bits per heavy atom. The van der Waals surface area contributed by atoms with Crippen molar-refractivity contribution in [2.75, 3.05) is 118 Å². The van der Waals surface area contributed by atoms with Gasteiger partial charge in [0.1, 0.15) is 0 Å². The Morgan fingerprint density at radius 2 is 0.250 bits per heavy atom. The molecular weight excluding hydrogens is 1440 g/mol. The fourth-order valence-corrected chi connectivity index (χ4v) is 4.43. The molecule has 370 valence electrons. The fourth-order valence-electron chi connectivity index (χ4n) is 4.43. The normalized spacial score (nSPS) is 10.0. The molecule has 0 bridgehead atoms. The van der Waals surface area contributed by atoms with E-state index < -0.39 is 150 Å². The van der Waals surface area contributed by atoms with Crippen LogP contribution in [0.4, 0.5) is 0 Å². The average Bonchev–Trinajstić information content (AvgIpc) is 3.02. The second kappa shape index (κ2) is 46.5. The predicted octanol–water partition coefficient (Wildman–Crippen LogP) is -6.21. The molecule has 0 atom stereocenters. The van der Waals surface area contributed by atoms with Crippen LogP contribution in [0.1, 0.15) is 0 Å². The Balaban J connectivity index is -0.000000148. The molecule has 12 N–H and O–H groups in total. The van der Waals surface area contributed by atoms with Gasteiger partial charge in [0.05, 0.1) is 78.5 Å². The number of hydrogen-bond donors (Lipinski definition) is 12. The second-order valence-corrected chi connectivity index (χ2v) is 12.0. The summed E-state index contributed by atoms with van der Waals surface area (Å²) in [6.45, 7) is -6.75. The summed E-state index contributed by atoms with van der Waals surface area (Å²) >= 11 is 0. The molecule has 64 heavy (non-hydrogen) atoms. The number of carboxylic acids is 12. The Labute approximate surface area is 526 Å². The molecule has 0 saturated heterocycles. The van der Waals surface area contributed by atoms with E-state index in [9.17, 15) is 57.5 Å². The minimum atomic E-state index is -1.23. The molecule has 0 aliphatic carbocycles. The summed E-state index contributed by atoms with van der Waals surface area (Å²) in [6.07, 6.45) is 0. The zero-order chi connectivity index (χ0) is 47.1. The van der Waals surface area contributed by atoms with Gasteiger partial charge in [0.15, 0.2) is 0 Å². The van der Waals surface area contributed by atoms with Gasteiger partial charge in [-0.15, -0.1) is 0 Å². The van der Waals surface area contributed by atoms with Crippen LogP contribution in [-0.2, 0) is 57.5 Å². The van der Waals surface area contributed by atoms with Crippen LogP contribution in [0.15, 0.2) is 0 Å². The number of hydrogen-bond acceptors (Lipinski definition) is 18. The second-order valence-electron chi connectivity index (χ2n) is 12.0. The van der Waals surface area contributed by atoms with E-state index in [-0.39, 0.29) is 237 Å². The van der Waals surface area contributed by atoms with E-state index >= 15 is 0 Å². The summed E-state index contributed by atoms with van der Waals surface area (Å²) < 4.78 is 0. The maximum absolute atomic E-state index is 10.6. The van der Waals surface area contributed by atoms with Crippen LogP contribution in [0.25, 0.3) is 0 Å². The van der Waals surface area contributed by atoms with Gasteiger partial charge in [-0.3, -0.25) is 86.9 Å². The Bertz CT molecular complexity index is 1140. The summed E-state index contributed by atoms with van der Waals surface area (Å²) in [6, 6.07) is 0. The molecule has 0 aliphatic rings. The minimum Gasteiger partial charge on any atom is -0.480 e. The number of carbonyl (C=O) groups is 12. The molecule has 0 unspecified atom stereocenters. The van der Waals surface area contributed by atoms with Gasteiger partial charge in [0.2, 0.25) is 0 Å². The summed E-state index contributed by atoms with van der Waals surface area (Å²) in [7, 11) is 0. The molecule has 0 aromatic carbocycles. The molecule has 0 rings (SSSR count). The predicted molar refractivity (Wildman–Crippen MR) is 190 cm³/mol. The maximum atomic E-state index is 10.6. The third kappa shape index (κ3) is 57.9. The van der Waals surface area contributed by atoms with Crippen LogP contribution < -0.4 is 0 Å². The van der Waals surface area contributed by atoms with Gasteiger partial charge in [-0.25, -0.2) is 0 Å². The average molecular weight is 1480 g/mol. The van der Waals surface area contributed by atoms with Crippen molar-refractivity contribution in [3.8, 4) is 0 Å². The van der Waals surface area contributed by atoms with Crippen molar-refractivity contribution in [1.29, 1.82) is 0 Å².